The summed E-state index contributed by atoms with van der Waals surface area (Å²) >= 11 is 0. The lowest BCUT2D eigenvalue weighted by atomic mass is 9.75. The lowest BCUT2D eigenvalue weighted by Gasteiger charge is -2.41. The lowest BCUT2D eigenvalue weighted by Crippen LogP contribution is -2.44. The molecule has 26 heavy (non-hydrogen) atoms. The summed E-state index contributed by atoms with van der Waals surface area (Å²) in [6, 6.07) is 1.89. The molecule has 0 unspecified atom stereocenters. The first-order valence-corrected chi connectivity index (χ1v) is 9.77. The van der Waals surface area contributed by atoms with Crippen molar-refractivity contribution in [2.75, 3.05) is 13.1 Å². The topological polar surface area (TPSA) is 72.4 Å². The zero-order chi connectivity index (χ0) is 18.1. The molecule has 4 rings (SSSR count). The molecule has 0 N–H and O–H groups in total. The molecule has 1 aliphatic carbocycles. The van der Waals surface area contributed by atoms with Gasteiger partial charge in [0.05, 0.1) is 5.56 Å². The average Bonchev–Trinajstić information content (AvgIpc) is 3.25. The van der Waals surface area contributed by atoms with Gasteiger partial charge in [0.25, 0.3) is 5.89 Å². The second-order valence-electron chi connectivity index (χ2n) is 7.76. The van der Waals surface area contributed by atoms with Gasteiger partial charge in [0.2, 0.25) is 11.8 Å². The number of hydrogen-bond acceptors (Lipinski definition) is 5. The average molecular weight is 357 g/mol. The second-order valence-corrected chi connectivity index (χ2v) is 7.76. The molecular formula is C20H27N3O3. The molecular weight excluding hydrogens is 330 g/mol. The Morgan fingerprint density at radius 2 is 1.96 bits per heavy atom. The number of hydrogen-bond donors (Lipinski definition) is 0. The standard InChI is InChI=1S/C20H27N3O3/c1-13-11-17(14(2)25-13)20-22-21-18(26-20)7-8-19(24)23-10-9-15-5-3-4-6-16(15)12-23/h11,15-16H,3-10,12H2,1-2H3/t15-,16-/m0/s1. The molecule has 1 saturated heterocycles. The van der Waals surface area contributed by atoms with Gasteiger partial charge in [-0.3, -0.25) is 4.79 Å². The maximum Gasteiger partial charge on any atom is 0.251 e. The summed E-state index contributed by atoms with van der Waals surface area (Å²) in [6.07, 6.45) is 7.41. The van der Waals surface area contributed by atoms with E-state index in [1.807, 2.05) is 24.8 Å². The zero-order valence-electron chi connectivity index (χ0n) is 15.7. The van der Waals surface area contributed by atoms with Crippen molar-refractivity contribution in [3.05, 3.63) is 23.5 Å². The third-order valence-corrected chi connectivity index (χ3v) is 5.93. The highest BCUT2D eigenvalue weighted by Gasteiger charge is 2.32. The van der Waals surface area contributed by atoms with E-state index < -0.39 is 0 Å². The van der Waals surface area contributed by atoms with Gasteiger partial charge < -0.3 is 13.7 Å². The van der Waals surface area contributed by atoms with E-state index in [-0.39, 0.29) is 5.91 Å². The van der Waals surface area contributed by atoms with Crippen LogP contribution in [0.3, 0.4) is 0 Å². The molecule has 0 spiro atoms. The molecule has 2 fully saturated rings. The molecule has 1 saturated carbocycles. The van der Waals surface area contributed by atoms with Crippen LogP contribution in [0, 0.1) is 25.7 Å². The van der Waals surface area contributed by atoms with Crippen molar-refractivity contribution < 1.29 is 13.6 Å². The van der Waals surface area contributed by atoms with E-state index in [4.69, 9.17) is 8.83 Å². The fourth-order valence-corrected chi connectivity index (χ4v) is 4.51. The first-order chi connectivity index (χ1) is 12.6. The van der Waals surface area contributed by atoms with E-state index in [1.54, 1.807) is 0 Å². The molecule has 1 amide bonds. The number of piperidine rings is 1. The number of aryl methyl sites for hydroxylation is 3. The quantitative estimate of drug-likeness (QED) is 0.829. The van der Waals surface area contributed by atoms with Crippen molar-refractivity contribution in [3.8, 4) is 11.5 Å². The van der Waals surface area contributed by atoms with Gasteiger partial charge in [-0.1, -0.05) is 19.3 Å². The van der Waals surface area contributed by atoms with E-state index >= 15 is 0 Å². The van der Waals surface area contributed by atoms with Crippen LogP contribution in [0.25, 0.3) is 11.5 Å². The number of likely N-dealkylation sites (tertiary alicyclic amines) is 1. The Balaban J connectivity index is 1.33. The monoisotopic (exact) mass is 357 g/mol. The van der Waals surface area contributed by atoms with Crippen molar-refractivity contribution in [3.63, 3.8) is 0 Å². The molecule has 140 valence electrons. The van der Waals surface area contributed by atoms with Crippen molar-refractivity contribution in [1.29, 1.82) is 0 Å². The predicted octanol–water partition coefficient (Wildman–Crippen LogP) is 3.92. The third kappa shape index (κ3) is 3.55. The van der Waals surface area contributed by atoms with Gasteiger partial charge in [-0.25, -0.2) is 0 Å². The van der Waals surface area contributed by atoms with Crippen LogP contribution in [0.1, 0.15) is 55.9 Å². The fraction of sp³-hybridized carbons (Fsp3) is 0.650. The number of rotatable bonds is 4. The smallest absolute Gasteiger partial charge is 0.251 e. The van der Waals surface area contributed by atoms with Crippen molar-refractivity contribution in [1.82, 2.24) is 15.1 Å². The highest BCUT2D eigenvalue weighted by atomic mass is 16.4. The minimum atomic E-state index is 0.212. The molecule has 6 heteroatoms. The van der Waals surface area contributed by atoms with Gasteiger partial charge >= 0.3 is 0 Å². The first kappa shape index (κ1) is 17.3. The SMILES string of the molecule is Cc1cc(-c2nnc(CCC(=O)N3CC[C@@H]4CCCC[C@H]4C3)o2)c(C)o1. The Bertz CT molecular complexity index is 779. The molecule has 1 aliphatic heterocycles. The Hall–Kier alpha value is -2.11. The van der Waals surface area contributed by atoms with Crippen LogP contribution in [0.5, 0.6) is 0 Å². The summed E-state index contributed by atoms with van der Waals surface area (Å²) in [5, 5.41) is 8.20. The highest BCUT2D eigenvalue weighted by molar-refractivity contribution is 5.76. The number of furan rings is 1. The largest absolute Gasteiger partial charge is 0.466 e. The van der Waals surface area contributed by atoms with E-state index in [1.165, 1.54) is 32.1 Å². The van der Waals surface area contributed by atoms with Crippen LogP contribution < -0.4 is 0 Å². The summed E-state index contributed by atoms with van der Waals surface area (Å²) < 4.78 is 11.2. The zero-order valence-corrected chi connectivity index (χ0v) is 15.7. The maximum atomic E-state index is 12.6. The molecule has 2 aromatic heterocycles. The normalized spacial score (nSPS) is 23.1. The van der Waals surface area contributed by atoms with Crippen LogP contribution >= 0.6 is 0 Å². The van der Waals surface area contributed by atoms with Gasteiger partial charge in [0, 0.05) is 25.9 Å². The van der Waals surface area contributed by atoms with E-state index in [0.717, 1.165) is 36.1 Å². The van der Waals surface area contributed by atoms with Crippen LogP contribution in [-0.4, -0.2) is 34.1 Å². The van der Waals surface area contributed by atoms with Crippen LogP contribution in [0.15, 0.2) is 14.9 Å². The number of fused-ring (bicyclic) bond motifs is 1. The predicted molar refractivity (Wildman–Crippen MR) is 96.4 cm³/mol. The van der Waals surface area contributed by atoms with Crippen LogP contribution in [0.2, 0.25) is 0 Å². The molecule has 2 aromatic rings. The number of aromatic nitrogens is 2. The van der Waals surface area contributed by atoms with E-state index in [9.17, 15) is 4.79 Å². The van der Waals surface area contributed by atoms with E-state index in [2.05, 4.69) is 10.2 Å². The van der Waals surface area contributed by atoms with E-state index in [0.29, 0.717) is 30.5 Å². The van der Waals surface area contributed by atoms with Gasteiger partial charge in [-0.05, 0) is 44.6 Å². The Kier molecular flexibility index (Phi) is 4.83. The number of carbonyl (C=O) groups excluding carboxylic acids is 1. The first-order valence-electron chi connectivity index (χ1n) is 9.77. The minimum absolute atomic E-state index is 0.212. The number of nitrogens with zero attached hydrogens (tertiary/aromatic N) is 3. The van der Waals surface area contributed by atoms with Crippen molar-refractivity contribution in [2.24, 2.45) is 11.8 Å². The van der Waals surface area contributed by atoms with Gasteiger partial charge in [0.1, 0.15) is 11.5 Å². The Morgan fingerprint density at radius 1 is 1.15 bits per heavy atom. The molecule has 0 bridgehead atoms. The minimum Gasteiger partial charge on any atom is -0.466 e. The summed E-state index contributed by atoms with van der Waals surface area (Å²) in [4.78, 5) is 14.7. The number of amides is 1. The number of carbonyl (C=O) groups is 1. The molecule has 0 radical (unpaired) electrons. The Morgan fingerprint density at radius 3 is 2.73 bits per heavy atom. The summed E-state index contributed by atoms with van der Waals surface area (Å²) in [5.74, 6) is 4.33. The van der Waals surface area contributed by atoms with Gasteiger partial charge in [-0.15, -0.1) is 10.2 Å². The molecule has 6 nitrogen and oxygen atoms in total. The van der Waals surface area contributed by atoms with Crippen molar-refractivity contribution >= 4 is 5.91 Å². The molecule has 0 aromatic carbocycles. The van der Waals surface area contributed by atoms with Gasteiger partial charge in [0.15, 0.2) is 0 Å². The third-order valence-electron chi connectivity index (χ3n) is 5.93. The van der Waals surface area contributed by atoms with Crippen LogP contribution in [0.4, 0.5) is 0 Å². The Labute approximate surface area is 154 Å². The fourth-order valence-electron chi connectivity index (χ4n) is 4.51. The molecule has 3 heterocycles. The summed E-state index contributed by atoms with van der Waals surface area (Å²) in [5.41, 5.74) is 0.826. The maximum absolute atomic E-state index is 12.6. The molecule has 2 atom stereocenters. The summed E-state index contributed by atoms with van der Waals surface area (Å²) in [6.45, 7) is 5.61. The van der Waals surface area contributed by atoms with Crippen LogP contribution in [-0.2, 0) is 11.2 Å². The summed E-state index contributed by atoms with van der Waals surface area (Å²) in [7, 11) is 0. The highest BCUT2D eigenvalue weighted by Crippen LogP contribution is 2.36. The second kappa shape index (κ2) is 7.25. The lowest BCUT2D eigenvalue weighted by molar-refractivity contribution is -0.134. The van der Waals surface area contributed by atoms with Crippen molar-refractivity contribution in [2.45, 2.75) is 58.8 Å². The molecule has 2 aliphatic rings. The van der Waals surface area contributed by atoms with Gasteiger partial charge in [-0.2, -0.15) is 0 Å².